The summed E-state index contributed by atoms with van der Waals surface area (Å²) in [4.78, 5) is 14.9. The summed E-state index contributed by atoms with van der Waals surface area (Å²) in [7, 11) is 1.76. The van der Waals surface area contributed by atoms with Gasteiger partial charge in [0.15, 0.2) is 11.0 Å². The third-order valence-corrected chi connectivity index (χ3v) is 3.81. The van der Waals surface area contributed by atoms with E-state index in [1.54, 1.807) is 11.7 Å². The van der Waals surface area contributed by atoms with Gasteiger partial charge in [-0.05, 0) is 30.7 Å². The van der Waals surface area contributed by atoms with E-state index in [-0.39, 0.29) is 5.75 Å². The van der Waals surface area contributed by atoms with E-state index in [9.17, 15) is 4.79 Å². The van der Waals surface area contributed by atoms with Gasteiger partial charge in [0.2, 0.25) is 0 Å². The quantitative estimate of drug-likeness (QED) is 0.866. The normalized spacial score (nSPS) is 10.7. The number of hydrogen-bond donors (Lipinski definition) is 1. The molecule has 0 atom stereocenters. The molecule has 1 heterocycles. The van der Waals surface area contributed by atoms with Gasteiger partial charge in [-0.2, -0.15) is 5.10 Å². The molecule has 0 radical (unpaired) electrons. The SMILES string of the molecule is Cc1cc(Br)cc(-c2nc(SCC(=O)O)n(C)n2)c1. The van der Waals surface area contributed by atoms with Crippen molar-refractivity contribution in [3.63, 3.8) is 0 Å². The molecule has 1 aromatic carbocycles. The third kappa shape index (κ3) is 3.57. The van der Waals surface area contributed by atoms with E-state index < -0.39 is 5.97 Å². The molecule has 0 bridgehead atoms. The monoisotopic (exact) mass is 341 g/mol. The lowest BCUT2D eigenvalue weighted by Gasteiger charge is -1.99. The molecule has 0 spiro atoms. The van der Waals surface area contributed by atoms with Crippen molar-refractivity contribution in [3.8, 4) is 11.4 Å². The van der Waals surface area contributed by atoms with Crippen molar-refractivity contribution in [2.24, 2.45) is 7.05 Å². The number of rotatable bonds is 4. The Morgan fingerprint density at radius 1 is 1.47 bits per heavy atom. The van der Waals surface area contributed by atoms with Crippen molar-refractivity contribution < 1.29 is 9.90 Å². The zero-order valence-corrected chi connectivity index (χ0v) is 12.8. The highest BCUT2D eigenvalue weighted by Gasteiger charge is 2.12. The lowest BCUT2D eigenvalue weighted by atomic mass is 10.1. The molecular weight excluding hydrogens is 330 g/mol. The molecule has 0 saturated carbocycles. The number of carbonyl (C=O) groups is 1. The molecule has 0 amide bonds. The number of nitrogens with zero attached hydrogens (tertiary/aromatic N) is 3. The summed E-state index contributed by atoms with van der Waals surface area (Å²) >= 11 is 4.60. The highest BCUT2D eigenvalue weighted by molar-refractivity contribution is 9.10. The highest BCUT2D eigenvalue weighted by Crippen LogP contribution is 2.24. The second kappa shape index (κ2) is 5.75. The number of halogens is 1. The van der Waals surface area contributed by atoms with Gasteiger partial charge in [0.05, 0.1) is 5.75 Å². The molecule has 0 aliphatic heterocycles. The van der Waals surface area contributed by atoms with Gasteiger partial charge >= 0.3 is 5.97 Å². The minimum Gasteiger partial charge on any atom is -0.481 e. The van der Waals surface area contributed by atoms with Crippen molar-refractivity contribution in [2.75, 3.05) is 5.75 Å². The highest BCUT2D eigenvalue weighted by atomic mass is 79.9. The average Bonchev–Trinajstić information content (AvgIpc) is 2.67. The van der Waals surface area contributed by atoms with Crippen LogP contribution in [0.3, 0.4) is 0 Å². The van der Waals surface area contributed by atoms with Crippen LogP contribution in [0, 0.1) is 6.92 Å². The van der Waals surface area contributed by atoms with Crippen LogP contribution >= 0.6 is 27.7 Å². The van der Waals surface area contributed by atoms with E-state index in [1.165, 1.54) is 0 Å². The maximum Gasteiger partial charge on any atom is 0.313 e. The van der Waals surface area contributed by atoms with E-state index in [4.69, 9.17) is 5.11 Å². The first-order valence-electron chi connectivity index (χ1n) is 5.49. The van der Waals surface area contributed by atoms with Crippen LogP contribution in [0.5, 0.6) is 0 Å². The zero-order valence-electron chi connectivity index (χ0n) is 10.4. The second-order valence-electron chi connectivity index (χ2n) is 4.04. The van der Waals surface area contributed by atoms with Crippen molar-refractivity contribution in [1.82, 2.24) is 14.8 Å². The van der Waals surface area contributed by atoms with Crippen LogP contribution in [0.2, 0.25) is 0 Å². The Balaban J connectivity index is 2.30. The van der Waals surface area contributed by atoms with Crippen LogP contribution in [-0.2, 0) is 11.8 Å². The molecule has 0 saturated heterocycles. The first kappa shape index (κ1) is 14.1. The molecule has 5 nitrogen and oxygen atoms in total. The number of aromatic nitrogens is 3. The maximum absolute atomic E-state index is 10.6. The van der Waals surface area contributed by atoms with Gasteiger partial charge in [-0.25, -0.2) is 9.67 Å². The fourth-order valence-corrected chi connectivity index (χ4v) is 2.85. The van der Waals surface area contributed by atoms with Crippen LogP contribution in [0.4, 0.5) is 0 Å². The van der Waals surface area contributed by atoms with Crippen molar-refractivity contribution >= 4 is 33.7 Å². The number of carboxylic acid groups (broad SMARTS) is 1. The molecule has 100 valence electrons. The largest absolute Gasteiger partial charge is 0.481 e. The fourth-order valence-electron chi connectivity index (χ4n) is 1.61. The summed E-state index contributed by atoms with van der Waals surface area (Å²) in [5.74, 6) is -0.295. The molecule has 1 N–H and O–H groups in total. The molecule has 0 aliphatic carbocycles. The Hall–Kier alpha value is -1.34. The summed E-state index contributed by atoms with van der Waals surface area (Å²) in [5, 5.41) is 13.6. The van der Waals surface area contributed by atoms with Crippen LogP contribution in [0.1, 0.15) is 5.56 Å². The number of aryl methyl sites for hydroxylation is 2. The van der Waals surface area contributed by atoms with Crippen molar-refractivity contribution in [3.05, 3.63) is 28.2 Å². The minimum atomic E-state index is -0.868. The Morgan fingerprint density at radius 3 is 2.84 bits per heavy atom. The molecule has 2 rings (SSSR count). The standard InChI is InChI=1S/C12H12BrN3O2S/c1-7-3-8(5-9(13)4-7)11-14-12(16(2)15-11)19-6-10(17)18/h3-5H,6H2,1-2H3,(H,17,18). The van der Waals surface area contributed by atoms with Gasteiger partial charge in [0.1, 0.15) is 0 Å². The summed E-state index contributed by atoms with van der Waals surface area (Å²) in [6.07, 6.45) is 0. The van der Waals surface area contributed by atoms with Crippen LogP contribution in [0.15, 0.2) is 27.8 Å². The van der Waals surface area contributed by atoms with Crippen LogP contribution in [-0.4, -0.2) is 31.6 Å². The topological polar surface area (TPSA) is 68.0 Å². The Morgan fingerprint density at radius 2 is 2.21 bits per heavy atom. The zero-order chi connectivity index (χ0) is 14.0. The van der Waals surface area contributed by atoms with Gasteiger partial charge in [-0.3, -0.25) is 4.79 Å². The van der Waals surface area contributed by atoms with E-state index in [1.807, 2.05) is 25.1 Å². The van der Waals surface area contributed by atoms with Gasteiger partial charge < -0.3 is 5.11 Å². The molecular formula is C12H12BrN3O2S. The van der Waals surface area contributed by atoms with Gasteiger partial charge in [-0.15, -0.1) is 0 Å². The maximum atomic E-state index is 10.6. The molecule has 0 unspecified atom stereocenters. The lowest BCUT2D eigenvalue weighted by molar-refractivity contribution is -0.133. The Bertz CT molecular complexity index is 607. The van der Waals surface area contributed by atoms with Crippen molar-refractivity contribution in [1.29, 1.82) is 0 Å². The number of hydrogen-bond acceptors (Lipinski definition) is 4. The summed E-state index contributed by atoms with van der Waals surface area (Å²) in [6, 6.07) is 5.94. The number of carboxylic acids is 1. The summed E-state index contributed by atoms with van der Waals surface area (Å²) < 4.78 is 2.56. The third-order valence-electron chi connectivity index (χ3n) is 2.35. The summed E-state index contributed by atoms with van der Waals surface area (Å²) in [5.41, 5.74) is 2.02. The molecule has 2 aromatic rings. The molecule has 7 heteroatoms. The second-order valence-corrected chi connectivity index (χ2v) is 5.90. The van der Waals surface area contributed by atoms with E-state index in [0.29, 0.717) is 11.0 Å². The number of benzene rings is 1. The molecule has 0 aliphatic rings. The number of thioether (sulfide) groups is 1. The van der Waals surface area contributed by atoms with Gasteiger partial charge in [0.25, 0.3) is 0 Å². The Kier molecular flexibility index (Phi) is 4.26. The molecule has 0 fully saturated rings. The van der Waals surface area contributed by atoms with Gasteiger partial charge in [-0.1, -0.05) is 27.7 Å². The predicted octanol–water partition coefficient (Wildman–Crippen LogP) is 2.73. The minimum absolute atomic E-state index is 0.0243. The Labute approximate surface area is 123 Å². The fraction of sp³-hybridized carbons (Fsp3) is 0.250. The molecule has 1 aromatic heterocycles. The van der Waals surface area contributed by atoms with E-state index >= 15 is 0 Å². The average molecular weight is 342 g/mol. The summed E-state index contributed by atoms with van der Waals surface area (Å²) in [6.45, 7) is 2.00. The van der Waals surface area contributed by atoms with Crippen LogP contribution in [0.25, 0.3) is 11.4 Å². The van der Waals surface area contributed by atoms with Gasteiger partial charge in [0, 0.05) is 17.1 Å². The van der Waals surface area contributed by atoms with E-state index in [0.717, 1.165) is 27.4 Å². The van der Waals surface area contributed by atoms with E-state index in [2.05, 4.69) is 26.0 Å². The van der Waals surface area contributed by atoms with Crippen LogP contribution < -0.4 is 0 Å². The lowest BCUT2D eigenvalue weighted by Crippen LogP contribution is -2.00. The smallest absolute Gasteiger partial charge is 0.313 e. The molecule has 19 heavy (non-hydrogen) atoms. The van der Waals surface area contributed by atoms with Crippen molar-refractivity contribution in [2.45, 2.75) is 12.1 Å². The first-order valence-corrected chi connectivity index (χ1v) is 7.27. The predicted molar refractivity (Wildman–Crippen MR) is 77.2 cm³/mol. The first-order chi connectivity index (χ1) is 8.95. The number of aliphatic carboxylic acids is 1.